The van der Waals surface area contributed by atoms with Crippen molar-refractivity contribution in [2.75, 3.05) is 0 Å². The summed E-state index contributed by atoms with van der Waals surface area (Å²) in [5.74, 6) is -2.81. The van der Waals surface area contributed by atoms with E-state index in [0.29, 0.717) is 16.7 Å². The van der Waals surface area contributed by atoms with E-state index in [9.17, 15) is 0 Å². The van der Waals surface area contributed by atoms with Gasteiger partial charge < -0.3 is 4.42 Å². The standard InChI is InChI=1S/C21H19NO/c1-13(2)15-9-10-22-19(12-15)18-6-4-5-17-16-8-7-14(3)11-20(16)23-21(17)18/h4-13H,1-3H3/i1D3,2D3,11D,13D. The molecule has 0 unspecified atom stereocenters. The molecule has 0 radical (unpaired) electrons. The number of aromatic nitrogens is 1. The maximum absolute atomic E-state index is 8.43. The molecule has 2 nitrogen and oxygen atoms in total. The highest BCUT2D eigenvalue weighted by Crippen LogP contribution is 2.35. The van der Waals surface area contributed by atoms with E-state index in [-0.39, 0.29) is 17.3 Å². The van der Waals surface area contributed by atoms with Gasteiger partial charge in [0.15, 0.2) is 0 Å². The summed E-state index contributed by atoms with van der Waals surface area (Å²) < 4.78 is 69.1. The van der Waals surface area contributed by atoms with Crippen LogP contribution in [0, 0.1) is 6.92 Å². The molecule has 2 heteroatoms. The van der Waals surface area contributed by atoms with Crippen LogP contribution in [0.4, 0.5) is 0 Å². The van der Waals surface area contributed by atoms with Crippen LogP contribution in [0.3, 0.4) is 0 Å². The van der Waals surface area contributed by atoms with Crippen molar-refractivity contribution in [3.8, 4) is 11.3 Å². The van der Waals surface area contributed by atoms with Gasteiger partial charge in [0.25, 0.3) is 0 Å². The Kier molecular flexibility index (Phi) is 1.77. The van der Waals surface area contributed by atoms with Crippen LogP contribution in [-0.4, -0.2) is 4.98 Å². The Bertz CT molecular complexity index is 1290. The van der Waals surface area contributed by atoms with Gasteiger partial charge in [-0.1, -0.05) is 38.0 Å². The lowest BCUT2D eigenvalue weighted by Crippen LogP contribution is -1.90. The van der Waals surface area contributed by atoms with Gasteiger partial charge in [-0.05, 0) is 48.2 Å². The molecular formula is C21H19NO. The van der Waals surface area contributed by atoms with E-state index < -0.39 is 19.6 Å². The molecule has 0 saturated carbocycles. The van der Waals surface area contributed by atoms with Gasteiger partial charge in [-0.3, -0.25) is 4.98 Å². The Morgan fingerprint density at radius 2 is 2.09 bits per heavy atom. The molecule has 2 aromatic heterocycles. The molecule has 0 saturated heterocycles. The van der Waals surface area contributed by atoms with Gasteiger partial charge in [0.05, 0.1) is 7.06 Å². The fourth-order valence-corrected chi connectivity index (χ4v) is 2.76. The molecule has 0 bridgehead atoms. The Balaban J connectivity index is 1.98. The molecule has 0 aliphatic heterocycles. The second kappa shape index (κ2) is 5.24. The number of pyridine rings is 1. The predicted molar refractivity (Wildman–Crippen MR) is 95.8 cm³/mol. The largest absolute Gasteiger partial charge is 0.455 e. The molecule has 23 heavy (non-hydrogen) atoms. The van der Waals surface area contributed by atoms with Gasteiger partial charge in [0.1, 0.15) is 11.2 Å². The molecular weight excluding hydrogens is 282 g/mol. The molecule has 114 valence electrons. The highest BCUT2D eigenvalue weighted by molar-refractivity contribution is 6.09. The number of para-hydroxylation sites is 1. The van der Waals surface area contributed by atoms with E-state index in [4.69, 9.17) is 15.4 Å². The molecule has 4 aromatic rings. The minimum Gasteiger partial charge on any atom is -0.455 e. The van der Waals surface area contributed by atoms with Gasteiger partial charge in [-0.25, -0.2) is 0 Å². The summed E-state index contributed by atoms with van der Waals surface area (Å²) in [6.07, 6.45) is 1.30. The quantitative estimate of drug-likeness (QED) is 0.448. The lowest BCUT2D eigenvalue weighted by Gasteiger charge is -2.07. The van der Waals surface area contributed by atoms with Crippen LogP contribution >= 0.6 is 0 Å². The number of rotatable bonds is 2. The number of benzene rings is 2. The number of nitrogens with zero attached hydrogens (tertiary/aromatic N) is 1. The molecule has 2 heterocycles. The Morgan fingerprint density at radius 3 is 2.96 bits per heavy atom. The second-order valence-electron chi connectivity index (χ2n) is 5.47. The summed E-state index contributed by atoms with van der Waals surface area (Å²) in [7, 11) is 0. The summed E-state index contributed by atoms with van der Waals surface area (Å²) in [5.41, 5.74) is 2.28. The molecule has 0 N–H and O–H groups in total. The van der Waals surface area contributed by atoms with Gasteiger partial charge in [-0.15, -0.1) is 0 Å². The van der Waals surface area contributed by atoms with E-state index in [1.54, 1.807) is 12.1 Å². The van der Waals surface area contributed by atoms with E-state index in [2.05, 4.69) is 4.98 Å². The zero-order valence-electron chi connectivity index (χ0n) is 20.5. The summed E-state index contributed by atoms with van der Waals surface area (Å²) >= 11 is 0. The third-order valence-corrected chi connectivity index (χ3v) is 3.89. The van der Waals surface area contributed by atoms with Crippen molar-refractivity contribution in [1.82, 2.24) is 4.98 Å². The molecule has 0 spiro atoms. The third-order valence-electron chi connectivity index (χ3n) is 3.89. The van der Waals surface area contributed by atoms with E-state index in [0.717, 1.165) is 16.3 Å². The van der Waals surface area contributed by atoms with Gasteiger partial charge in [0.2, 0.25) is 0 Å². The smallest absolute Gasteiger partial charge is 0.144 e. The number of fused-ring (bicyclic) bond motifs is 3. The van der Waals surface area contributed by atoms with Crippen molar-refractivity contribution >= 4 is 21.9 Å². The van der Waals surface area contributed by atoms with Gasteiger partial charge >= 0.3 is 0 Å². The van der Waals surface area contributed by atoms with Crippen LogP contribution in [0.15, 0.2) is 59.1 Å². The first kappa shape index (κ1) is 7.78. The number of aryl methyl sites for hydroxylation is 1. The summed E-state index contributed by atoms with van der Waals surface area (Å²) in [4.78, 5) is 4.29. The first-order valence-corrected chi connectivity index (χ1v) is 7.24. The topological polar surface area (TPSA) is 26.0 Å². The number of hydrogen-bond acceptors (Lipinski definition) is 2. The van der Waals surface area contributed by atoms with Crippen LogP contribution in [-0.2, 0) is 0 Å². The van der Waals surface area contributed by atoms with Crippen molar-refractivity contribution in [3.05, 3.63) is 65.8 Å². The average molecular weight is 309 g/mol. The fourth-order valence-electron chi connectivity index (χ4n) is 2.76. The fraction of sp³-hybridized carbons (Fsp3) is 0.190. The Morgan fingerprint density at radius 1 is 1.17 bits per heavy atom. The van der Waals surface area contributed by atoms with E-state index in [1.165, 1.54) is 18.3 Å². The molecule has 0 aliphatic rings. The highest BCUT2D eigenvalue weighted by Gasteiger charge is 2.13. The maximum Gasteiger partial charge on any atom is 0.144 e. The van der Waals surface area contributed by atoms with E-state index in [1.807, 2.05) is 25.1 Å². The normalized spacial score (nSPS) is 18.3. The average Bonchev–Trinajstić information content (AvgIpc) is 3.08. The van der Waals surface area contributed by atoms with Crippen LogP contribution < -0.4 is 0 Å². The zero-order valence-corrected chi connectivity index (χ0v) is 12.5. The minimum absolute atomic E-state index is 0.178. The predicted octanol–water partition coefficient (Wildman–Crippen LogP) is 6.08. The van der Waals surface area contributed by atoms with Crippen LogP contribution in [0.25, 0.3) is 33.2 Å². The molecule has 0 amide bonds. The summed E-state index contributed by atoms with van der Waals surface area (Å²) in [5, 5.41) is 1.53. The summed E-state index contributed by atoms with van der Waals surface area (Å²) in [6, 6.07) is 11.9. The minimum atomic E-state index is -3.08. The molecule has 0 aliphatic carbocycles. The monoisotopic (exact) mass is 309 g/mol. The van der Waals surface area contributed by atoms with E-state index >= 15 is 0 Å². The summed E-state index contributed by atoms with van der Waals surface area (Å²) in [6.45, 7) is -4.35. The second-order valence-corrected chi connectivity index (χ2v) is 5.47. The van der Waals surface area contributed by atoms with Crippen molar-refractivity contribution in [1.29, 1.82) is 0 Å². The molecule has 0 fully saturated rings. The van der Waals surface area contributed by atoms with Gasteiger partial charge in [0, 0.05) is 32.1 Å². The lowest BCUT2D eigenvalue weighted by atomic mass is 10.0. The maximum atomic E-state index is 8.43. The van der Waals surface area contributed by atoms with Crippen molar-refractivity contribution < 1.29 is 15.4 Å². The number of furan rings is 1. The highest BCUT2D eigenvalue weighted by atomic mass is 16.3. The lowest BCUT2D eigenvalue weighted by molar-refractivity contribution is 0.669. The Hall–Kier alpha value is -2.61. The first-order chi connectivity index (χ1) is 14.4. The molecule has 4 rings (SSSR count). The van der Waals surface area contributed by atoms with Crippen LogP contribution in [0.2, 0.25) is 0 Å². The zero-order chi connectivity index (χ0) is 22.8. The number of hydrogen-bond donors (Lipinski definition) is 0. The first-order valence-electron chi connectivity index (χ1n) is 11.2. The molecule has 2 aromatic carbocycles. The van der Waals surface area contributed by atoms with Crippen molar-refractivity contribution in [2.45, 2.75) is 26.5 Å². The Labute approximate surface area is 147 Å². The molecule has 0 atom stereocenters. The SMILES string of the molecule is [2H]c1c(C)ccc2c1oc1c(-c3cc(C([2H])(C([2H])([2H])[2H])C([2H])([2H])[2H])ccn3)cccc12. The van der Waals surface area contributed by atoms with Crippen molar-refractivity contribution in [2.24, 2.45) is 0 Å². The van der Waals surface area contributed by atoms with Crippen LogP contribution in [0.1, 0.15) is 41.7 Å². The van der Waals surface area contributed by atoms with Gasteiger partial charge in [-0.2, -0.15) is 0 Å². The van der Waals surface area contributed by atoms with Crippen molar-refractivity contribution in [3.63, 3.8) is 0 Å². The third kappa shape index (κ3) is 2.31. The van der Waals surface area contributed by atoms with Crippen LogP contribution in [0.5, 0.6) is 0 Å².